The Morgan fingerprint density at radius 1 is 0.974 bits per heavy atom. The summed E-state index contributed by atoms with van der Waals surface area (Å²) in [5, 5.41) is 18.0. The first kappa shape index (κ1) is 29.7. The molecule has 2 aromatic carbocycles. The standard InChI is InChI=1S/C31H45N3O4/c1-23(31(37,25-12-8-6-9-13-25)26-14-10-7-11-15-26)32-29(36)33-27-18-16-24(17-19-27)20-21-34(5)22-28(35)38-30(2,3)4/h6-15,23-24,27,37H,16-22H2,1-5H3,(H2,32,33,36)/t23-,24?,27?/m0/s1. The van der Waals surface area contributed by atoms with Crippen LogP contribution in [0.25, 0.3) is 0 Å². The second-order valence-corrected chi connectivity index (χ2v) is 11.7. The number of hydrogen-bond donors (Lipinski definition) is 3. The van der Waals surface area contributed by atoms with Crippen molar-refractivity contribution >= 4 is 12.0 Å². The van der Waals surface area contributed by atoms with Crippen LogP contribution in [0.3, 0.4) is 0 Å². The van der Waals surface area contributed by atoms with Crippen molar-refractivity contribution in [2.45, 2.75) is 83.1 Å². The number of carbonyl (C=O) groups is 2. The Labute approximate surface area is 228 Å². The molecule has 7 heteroatoms. The number of aliphatic hydroxyl groups is 1. The molecule has 1 saturated carbocycles. The highest BCUT2D eigenvalue weighted by molar-refractivity contribution is 5.75. The van der Waals surface area contributed by atoms with Crippen LogP contribution in [0.5, 0.6) is 0 Å². The number of likely N-dealkylation sites (N-methyl/N-ethyl adjacent to an activating group) is 1. The van der Waals surface area contributed by atoms with Crippen LogP contribution in [0.4, 0.5) is 4.79 Å². The van der Waals surface area contributed by atoms with Crippen molar-refractivity contribution in [3.63, 3.8) is 0 Å². The van der Waals surface area contributed by atoms with Gasteiger partial charge in [-0.3, -0.25) is 9.69 Å². The van der Waals surface area contributed by atoms with Crippen molar-refractivity contribution in [1.82, 2.24) is 15.5 Å². The third-order valence-electron chi connectivity index (χ3n) is 7.32. The monoisotopic (exact) mass is 523 g/mol. The number of urea groups is 1. The van der Waals surface area contributed by atoms with Gasteiger partial charge in [0, 0.05) is 6.04 Å². The second-order valence-electron chi connectivity index (χ2n) is 11.7. The lowest BCUT2D eigenvalue weighted by atomic mass is 9.81. The molecule has 1 fully saturated rings. The van der Waals surface area contributed by atoms with Gasteiger partial charge >= 0.3 is 12.0 Å². The molecule has 1 aliphatic rings. The maximum atomic E-state index is 12.9. The molecule has 3 rings (SSSR count). The highest BCUT2D eigenvalue weighted by atomic mass is 16.6. The zero-order chi connectivity index (χ0) is 27.8. The number of nitrogens with zero attached hydrogens (tertiary/aromatic N) is 1. The lowest BCUT2D eigenvalue weighted by Gasteiger charge is -2.36. The Morgan fingerprint density at radius 3 is 2.00 bits per heavy atom. The summed E-state index contributed by atoms with van der Waals surface area (Å²) in [7, 11) is 1.95. The maximum absolute atomic E-state index is 12.9. The number of benzene rings is 2. The van der Waals surface area contributed by atoms with Gasteiger partial charge in [0.25, 0.3) is 0 Å². The molecule has 0 unspecified atom stereocenters. The smallest absolute Gasteiger partial charge is 0.320 e. The fourth-order valence-electron chi connectivity index (χ4n) is 5.25. The Kier molecular flexibility index (Phi) is 10.3. The molecule has 0 aliphatic heterocycles. The summed E-state index contributed by atoms with van der Waals surface area (Å²) >= 11 is 0. The molecule has 0 spiro atoms. The van der Waals surface area contributed by atoms with E-state index >= 15 is 0 Å². The van der Waals surface area contributed by atoms with Gasteiger partial charge in [0.1, 0.15) is 11.2 Å². The van der Waals surface area contributed by atoms with E-state index in [2.05, 4.69) is 10.6 Å². The fraction of sp³-hybridized carbons (Fsp3) is 0.548. The number of rotatable bonds is 10. The molecule has 7 nitrogen and oxygen atoms in total. The van der Waals surface area contributed by atoms with Crippen LogP contribution in [-0.4, -0.2) is 59.8 Å². The number of nitrogens with one attached hydrogen (secondary N) is 2. The van der Waals surface area contributed by atoms with Gasteiger partial charge in [0.2, 0.25) is 0 Å². The summed E-state index contributed by atoms with van der Waals surface area (Å²) in [6.45, 7) is 8.62. The molecule has 1 atom stereocenters. The summed E-state index contributed by atoms with van der Waals surface area (Å²) in [5.74, 6) is 0.386. The lowest BCUT2D eigenvalue weighted by molar-refractivity contribution is -0.155. The Balaban J connectivity index is 1.46. The van der Waals surface area contributed by atoms with Crippen LogP contribution in [-0.2, 0) is 15.1 Å². The zero-order valence-electron chi connectivity index (χ0n) is 23.6. The Hall–Kier alpha value is -2.90. The minimum Gasteiger partial charge on any atom is -0.459 e. The topological polar surface area (TPSA) is 90.9 Å². The molecular weight excluding hydrogens is 478 g/mol. The summed E-state index contributed by atoms with van der Waals surface area (Å²) < 4.78 is 5.41. The quantitative estimate of drug-likeness (QED) is 0.388. The van der Waals surface area contributed by atoms with E-state index < -0.39 is 17.2 Å². The van der Waals surface area contributed by atoms with Crippen molar-refractivity contribution in [2.24, 2.45) is 5.92 Å². The predicted octanol–water partition coefficient (Wildman–Crippen LogP) is 4.83. The maximum Gasteiger partial charge on any atom is 0.320 e. The number of hydrogen-bond acceptors (Lipinski definition) is 5. The lowest BCUT2D eigenvalue weighted by Crippen LogP contribution is -2.54. The van der Waals surface area contributed by atoms with Crippen LogP contribution < -0.4 is 10.6 Å². The minimum absolute atomic E-state index is 0.111. The Morgan fingerprint density at radius 2 is 1.50 bits per heavy atom. The average molecular weight is 524 g/mol. The second kappa shape index (κ2) is 13.3. The average Bonchev–Trinajstić information content (AvgIpc) is 2.87. The van der Waals surface area contributed by atoms with E-state index in [1.165, 1.54) is 0 Å². The molecule has 3 N–H and O–H groups in total. The van der Waals surface area contributed by atoms with Gasteiger partial charge in [-0.25, -0.2) is 4.79 Å². The SMILES string of the molecule is C[C@H](NC(=O)NC1CCC(CCN(C)CC(=O)OC(C)(C)C)CC1)C(O)(c1ccccc1)c1ccccc1. The summed E-state index contributed by atoms with van der Waals surface area (Å²) in [6.07, 6.45) is 4.95. The zero-order valence-corrected chi connectivity index (χ0v) is 23.6. The summed E-state index contributed by atoms with van der Waals surface area (Å²) in [6, 6.07) is 18.2. The molecule has 0 bridgehead atoms. The van der Waals surface area contributed by atoms with Crippen LogP contribution in [0, 0.1) is 5.92 Å². The third-order valence-corrected chi connectivity index (χ3v) is 7.32. The van der Waals surface area contributed by atoms with Crippen molar-refractivity contribution < 1.29 is 19.4 Å². The summed E-state index contributed by atoms with van der Waals surface area (Å²) in [5.41, 5.74) is -0.356. The van der Waals surface area contributed by atoms with E-state index in [0.717, 1.165) is 49.8 Å². The van der Waals surface area contributed by atoms with E-state index in [9.17, 15) is 14.7 Å². The number of carbonyl (C=O) groups excluding carboxylic acids is 2. The van der Waals surface area contributed by atoms with Gasteiger partial charge in [-0.1, -0.05) is 60.7 Å². The van der Waals surface area contributed by atoms with Crippen LogP contribution >= 0.6 is 0 Å². The van der Waals surface area contributed by atoms with Gasteiger partial charge in [-0.15, -0.1) is 0 Å². The first-order valence-electron chi connectivity index (χ1n) is 13.8. The van der Waals surface area contributed by atoms with Crippen molar-refractivity contribution in [1.29, 1.82) is 0 Å². The van der Waals surface area contributed by atoms with Crippen molar-refractivity contribution in [3.05, 3.63) is 71.8 Å². The number of amides is 2. The molecule has 0 saturated heterocycles. The molecule has 38 heavy (non-hydrogen) atoms. The minimum atomic E-state index is -1.36. The van der Waals surface area contributed by atoms with Gasteiger partial charge in [-0.2, -0.15) is 0 Å². The summed E-state index contributed by atoms with van der Waals surface area (Å²) in [4.78, 5) is 27.0. The normalized spacial score (nSPS) is 19.0. The molecule has 1 aliphatic carbocycles. The van der Waals surface area contributed by atoms with Crippen molar-refractivity contribution in [2.75, 3.05) is 20.1 Å². The predicted molar refractivity (Wildman–Crippen MR) is 151 cm³/mol. The van der Waals surface area contributed by atoms with E-state index in [1.54, 1.807) is 0 Å². The van der Waals surface area contributed by atoms with Gasteiger partial charge in [0.15, 0.2) is 0 Å². The van der Waals surface area contributed by atoms with Crippen molar-refractivity contribution in [3.8, 4) is 0 Å². The van der Waals surface area contributed by atoms with Gasteiger partial charge in [0.05, 0.1) is 12.6 Å². The molecular formula is C31H45N3O4. The molecule has 0 aromatic heterocycles. The molecule has 208 valence electrons. The fourth-order valence-corrected chi connectivity index (χ4v) is 5.25. The molecule has 2 aromatic rings. The van der Waals surface area contributed by atoms with E-state index in [4.69, 9.17) is 4.74 Å². The Bertz CT molecular complexity index is 975. The molecule has 0 heterocycles. The first-order valence-corrected chi connectivity index (χ1v) is 13.8. The first-order chi connectivity index (χ1) is 18.0. The van der Waals surface area contributed by atoms with E-state index in [1.807, 2.05) is 100 Å². The van der Waals surface area contributed by atoms with Gasteiger partial charge in [-0.05, 0) is 90.4 Å². The number of ether oxygens (including phenoxy) is 1. The van der Waals surface area contributed by atoms with Gasteiger partial charge < -0.3 is 20.5 Å². The highest BCUT2D eigenvalue weighted by Gasteiger charge is 2.38. The van der Waals surface area contributed by atoms with Crippen LogP contribution in [0.1, 0.15) is 70.9 Å². The molecule has 2 amide bonds. The van der Waals surface area contributed by atoms with E-state index in [-0.39, 0.29) is 18.0 Å². The van der Waals surface area contributed by atoms with Crippen LogP contribution in [0.15, 0.2) is 60.7 Å². The van der Waals surface area contributed by atoms with E-state index in [0.29, 0.717) is 12.5 Å². The highest BCUT2D eigenvalue weighted by Crippen LogP contribution is 2.33. The number of esters is 1. The molecule has 0 radical (unpaired) electrons. The largest absolute Gasteiger partial charge is 0.459 e. The van der Waals surface area contributed by atoms with Crippen LogP contribution in [0.2, 0.25) is 0 Å². The third kappa shape index (κ3) is 8.57.